The van der Waals surface area contributed by atoms with Crippen molar-refractivity contribution in [1.82, 2.24) is 5.16 Å². The first-order chi connectivity index (χ1) is 17.7. The van der Waals surface area contributed by atoms with Gasteiger partial charge >= 0.3 is 11.9 Å². The Morgan fingerprint density at radius 2 is 1.57 bits per heavy atom. The third-order valence-corrected chi connectivity index (χ3v) is 6.61. The summed E-state index contributed by atoms with van der Waals surface area (Å²) in [5, 5.41) is 6.80. The number of methoxy groups -OCH3 is 1. The predicted molar refractivity (Wildman–Crippen MR) is 135 cm³/mol. The van der Waals surface area contributed by atoms with Crippen LogP contribution in [0.4, 0.5) is 11.5 Å². The van der Waals surface area contributed by atoms with Crippen molar-refractivity contribution < 1.29 is 36.7 Å². The summed E-state index contributed by atoms with van der Waals surface area (Å²) in [5.74, 6) is -1.71. The van der Waals surface area contributed by atoms with Gasteiger partial charge in [0.15, 0.2) is 11.7 Å². The van der Waals surface area contributed by atoms with E-state index in [-0.39, 0.29) is 23.9 Å². The first-order valence-corrected chi connectivity index (χ1v) is 13.0. The average molecular weight is 532 g/mol. The molecule has 0 saturated heterocycles. The van der Waals surface area contributed by atoms with Gasteiger partial charge in [-0.2, -0.15) is 0 Å². The lowest BCUT2D eigenvalue weighted by Crippen LogP contribution is -2.36. The normalized spacial score (nSPS) is 12.0. The average Bonchev–Trinajstić information content (AvgIpc) is 3.28. The van der Waals surface area contributed by atoms with Crippen molar-refractivity contribution in [1.29, 1.82) is 0 Å². The van der Waals surface area contributed by atoms with Gasteiger partial charge in [-0.15, -0.1) is 0 Å². The zero-order chi connectivity index (χ0) is 27.0. The molecular formula is C25H29N3O8S. The van der Waals surface area contributed by atoms with Crippen LogP contribution in [0.3, 0.4) is 0 Å². The Balaban J connectivity index is 1.93. The van der Waals surface area contributed by atoms with Gasteiger partial charge in [-0.05, 0) is 62.7 Å². The number of carbonyl (C=O) groups excluding carboxylic acids is 2. The lowest BCUT2D eigenvalue weighted by Gasteiger charge is -2.27. The van der Waals surface area contributed by atoms with Crippen molar-refractivity contribution in [3.8, 4) is 5.75 Å². The molecule has 198 valence electrons. The molecule has 0 spiro atoms. The SMILES string of the molecule is CCOC(=O)C(C(=O)OCC)[C@@H](Nc1ccc(S(=O)(=O)Nc2cc(C)on2)cc1)c1ccc(OC)cc1. The van der Waals surface area contributed by atoms with Crippen molar-refractivity contribution in [2.24, 2.45) is 5.92 Å². The fourth-order valence-electron chi connectivity index (χ4n) is 3.52. The molecule has 0 unspecified atom stereocenters. The van der Waals surface area contributed by atoms with Crippen molar-refractivity contribution in [2.45, 2.75) is 31.7 Å². The van der Waals surface area contributed by atoms with E-state index in [0.717, 1.165) is 0 Å². The van der Waals surface area contributed by atoms with Crippen molar-refractivity contribution in [3.05, 3.63) is 65.9 Å². The summed E-state index contributed by atoms with van der Waals surface area (Å²) in [7, 11) is -2.40. The molecule has 1 heterocycles. The minimum absolute atomic E-state index is 0.0213. The van der Waals surface area contributed by atoms with Gasteiger partial charge in [-0.25, -0.2) is 8.42 Å². The van der Waals surface area contributed by atoms with Crippen LogP contribution in [0.1, 0.15) is 31.2 Å². The van der Waals surface area contributed by atoms with Gasteiger partial charge in [0, 0.05) is 11.8 Å². The van der Waals surface area contributed by atoms with Crippen LogP contribution in [0.25, 0.3) is 0 Å². The first kappa shape index (κ1) is 27.5. The lowest BCUT2D eigenvalue weighted by molar-refractivity contribution is -0.162. The molecular weight excluding hydrogens is 502 g/mol. The Kier molecular flexibility index (Phi) is 9.12. The number of rotatable bonds is 12. The Morgan fingerprint density at radius 1 is 0.973 bits per heavy atom. The number of nitrogens with zero attached hydrogens (tertiary/aromatic N) is 1. The number of nitrogens with one attached hydrogen (secondary N) is 2. The van der Waals surface area contributed by atoms with E-state index in [1.54, 1.807) is 45.0 Å². The summed E-state index contributed by atoms with van der Waals surface area (Å²) >= 11 is 0. The summed E-state index contributed by atoms with van der Waals surface area (Å²) in [4.78, 5) is 25.7. The van der Waals surface area contributed by atoms with E-state index in [4.69, 9.17) is 18.7 Å². The van der Waals surface area contributed by atoms with Crippen LogP contribution in [0.15, 0.2) is 64.0 Å². The molecule has 37 heavy (non-hydrogen) atoms. The summed E-state index contributed by atoms with van der Waals surface area (Å²) in [6.45, 7) is 5.08. The molecule has 3 rings (SSSR count). The van der Waals surface area contributed by atoms with Gasteiger partial charge in [-0.1, -0.05) is 17.3 Å². The molecule has 2 aromatic carbocycles. The zero-order valence-electron chi connectivity index (χ0n) is 20.9. The second-order valence-electron chi connectivity index (χ2n) is 7.83. The van der Waals surface area contributed by atoms with Crippen LogP contribution < -0.4 is 14.8 Å². The molecule has 1 aromatic heterocycles. The van der Waals surface area contributed by atoms with E-state index in [1.165, 1.54) is 37.4 Å². The van der Waals surface area contributed by atoms with E-state index in [9.17, 15) is 18.0 Å². The Hall–Kier alpha value is -4.06. The molecule has 0 bridgehead atoms. The van der Waals surface area contributed by atoms with Gasteiger partial charge in [0.25, 0.3) is 10.0 Å². The second-order valence-corrected chi connectivity index (χ2v) is 9.51. The highest BCUT2D eigenvalue weighted by molar-refractivity contribution is 7.92. The summed E-state index contributed by atoms with van der Waals surface area (Å²) < 4.78 is 48.2. The van der Waals surface area contributed by atoms with Gasteiger partial charge < -0.3 is 24.1 Å². The molecule has 0 fully saturated rings. The van der Waals surface area contributed by atoms with Gasteiger partial charge in [-0.3, -0.25) is 14.3 Å². The van der Waals surface area contributed by atoms with E-state index >= 15 is 0 Å². The number of hydrogen-bond donors (Lipinski definition) is 2. The zero-order valence-corrected chi connectivity index (χ0v) is 21.7. The second kappa shape index (κ2) is 12.3. The van der Waals surface area contributed by atoms with E-state index in [0.29, 0.717) is 22.8 Å². The molecule has 0 aliphatic rings. The fraction of sp³-hybridized carbons (Fsp3) is 0.320. The number of ether oxygens (including phenoxy) is 3. The number of carbonyl (C=O) groups is 2. The smallest absolute Gasteiger partial charge is 0.322 e. The summed E-state index contributed by atoms with van der Waals surface area (Å²) in [6.07, 6.45) is 0. The molecule has 2 N–H and O–H groups in total. The number of sulfonamides is 1. The highest BCUT2D eigenvalue weighted by atomic mass is 32.2. The van der Waals surface area contributed by atoms with Crippen LogP contribution in [0, 0.1) is 12.8 Å². The maximum Gasteiger partial charge on any atom is 0.322 e. The molecule has 0 aliphatic heterocycles. The number of aromatic nitrogens is 1. The number of aryl methyl sites for hydroxylation is 1. The maximum absolute atomic E-state index is 12.9. The molecule has 0 aliphatic carbocycles. The van der Waals surface area contributed by atoms with Crippen molar-refractivity contribution in [2.75, 3.05) is 30.4 Å². The molecule has 3 aromatic rings. The first-order valence-electron chi connectivity index (χ1n) is 11.5. The van der Waals surface area contributed by atoms with Crippen LogP contribution in [-0.4, -0.2) is 45.8 Å². The summed E-state index contributed by atoms with van der Waals surface area (Å²) in [5.41, 5.74) is 1.04. The Labute approximate surface area is 215 Å². The van der Waals surface area contributed by atoms with Crippen LogP contribution in [0.5, 0.6) is 5.75 Å². The van der Waals surface area contributed by atoms with E-state index in [2.05, 4.69) is 15.2 Å². The van der Waals surface area contributed by atoms with E-state index < -0.39 is 33.9 Å². The molecule has 12 heteroatoms. The van der Waals surface area contributed by atoms with Crippen LogP contribution in [-0.2, 0) is 29.1 Å². The number of benzene rings is 2. The lowest BCUT2D eigenvalue weighted by atomic mass is 9.92. The molecule has 0 radical (unpaired) electrons. The van der Waals surface area contributed by atoms with Gasteiger partial charge in [0.1, 0.15) is 11.5 Å². The minimum Gasteiger partial charge on any atom is -0.497 e. The van der Waals surface area contributed by atoms with Gasteiger partial charge in [0.05, 0.1) is 31.3 Å². The number of anilines is 2. The molecule has 11 nitrogen and oxygen atoms in total. The topological polar surface area (TPSA) is 146 Å². The molecule has 1 atom stereocenters. The third kappa shape index (κ3) is 7.00. The monoisotopic (exact) mass is 531 g/mol. The fourth-order valence-corrected chi connectivity index (χ4v) is 4.51. The van der Waals surface area contributed by atoms with Crippen LogP contribution in [0.2, 0.25) is 0 Å². The highest BCUT2D eigenvalue weighted by Crippen LogP contribution is 2.31. The maximum atomic E-state index is 12.9. The quantitative estimate of drug-likeness (QED) is 0.262. The van der Waals surface area contributed by atoms with Crippen molar-refractivity contribution in [3.63, 3.8) is 0 Å². The third-order valence-electron chi connectivity index (χ3n) is 5.24. The van der Waals surface area contributed by atoms with Crippen molar-refractivity contribution >= 4 is 33.5 Å². The number of hydrogen-bond acceptors (Lipinski definition) is 10. The highest BCUT2D eigenvalue weighted by Gasteiger charge is 2.38. The standard InChI is InChI=1S/C25H29N3O8S/c1-5-34-24(29)22(25(30)35-6-2)23(17-7-11-19(33-4)12-8-17)26-18-9-13-20(14-10-18)37(31,32)28-21-15-16(3)36-27-21/h7-15,22-23,26H,5-6H2,1-4H3,(H,27,28)/t23-/m0/s1. The van der Waals surface area contributed by atoms with Gasteiger partial charge in [0.2, 0.25) is 0 Å². The Bertz CT molecular complexity index is 1290. The summed E-state index contributed by atoms with van der Waals surface area (Å²) in [6, 6.07) is 13.2. The molecule has 0 amide bonds. The van der Waals surface area contributed by atoms with Crippen LogP contribution >= 0.6 is 0 Å². The molecule has 0 saturated carbocycles. The largest absolute Gasteiger partial charge is 0.497 e. The minimum atomic E-state index is -3.93. The Morgan fingerprint density at radius 3 is 2.05 bits per heavy atom. The number of esters is 2. The predicted octanol–water partition coefficient (Wildman–Crippen LogP) is 3.69. The van der Waals surface area contributed by atoms with E-state index in [1.807, 2.05) is 0 Å².